The lowest BCUT2D eigenvalue weighted by molar-refractivity contribution is -0.119. The molecule has 0 unspecified atom stereocenters. The lowest BCUT2D eigenvalue weighted by Gasteiger charge is -2.11. The molecule has 0 atom stereocenters. The van der Waals surface area contributed by atoms with Crippen molar-refractivity contribution in [1.82, 2.24) is 4.98 Å². The first kappa shape index (κ1) is 21.0. The number of esters is 2. The molecule has 0 fully saturated rings. The number of hydrogen-bond donors (Lipinski definition) is 2. The highest BCUT2D eigenvalue weighted by atomic mass is 16.5. The molecule has 1 aromatic carbocycles. The summed E-state index contributed by atoms with van der Waals surface area (Å²) < 4.78 is 15.3. The van der Waals surface area contributed by atoms with Crippen molar-refractivity contribution in [2.24, 2.45) is 0 Å². The molecule has 28 heavy (non-hydrogen) atoms. The SMILES string of the molecule is CCOC(=O)c1[nH]c(C)c(C(=O)OCC(=O)Nc2cc(C)ccc2OC)c1C. The van der Waals surface area contributed by atoms with E-state index in [2.05, 4.69) is 10.3 Å². The van der Waals surface area contributed by atoms with Gasteiger partial charge in [0.1, 0.15) is 11.4 Å². The number of methoxy groups -OCH3 is 1. The summed E-state index contributed by atoms with van der Waals surface area (Å²) in [6.07, 6.45) is 0. The molecule has 8 nitrogen and oxygen atoms in total. The molecule has 8 heteroatoms. The fourth-order valence-electron chi connectivity index (χ4n) is 2.77. The van der Waals surface area contributed by atoms with Crippen LogP contribution in [0.2, 0.25) is 0 Å². The summed E-state index contributed by atoms with van der Waals surface area (Å²) in [7, 11) is 1.50. The molecule has 0 aliphatic rings. The number of aryl methyl sites for hydroxylation is 2. The second-order valence-corrected chi connectivity index (χ2v) is 6.17. The fraction of sp³-hybridized carbons (Fsp3) is 0.350. The Morgan fingerprint density at radius 3 is 2.43 bits per heavy atom. The van der Waals surface area contributed by atoms with Crippen LogP contribution >= 0.6 is 0 Å². The minimum Gasteiger partial charge on any atom is -0.495 e. The van der Waals surface area contributed by atoms with E-state index in [9.17, 15) is 14.4 Å². The zero-order valence-electron chi connectivity index (χ0n) is 16.6. The Hall–Kier alpha value is -3.29. The zero-order valence-corrected chi connectivity index (χ0v) is 16.6. The maximum atomic E-state index is 12.4. The van der Waals surface area contributed by atoms with E-state index >= 15 is 0 Å². The predicted molar refractivity (Wildman–Crippen MR) is 103 cm³/mol. The maximum absolute atomic E-state index is 12.4. The summed E-state index contributed by atoms with van der Waals surface area (Å²) in [5.41, 5.74) is 2.72. The van der Waals surface area contributed by atoms with Crippen molar-refractivity contribution in [3.05, 3.63) is 46.3 Å². The van der Waals surface area contributed by atoms with Crippen LogP contribution in [0.5, 0.6) is 5.75 Å². The molecule has 0 aliphatic carbocycles. The number of anilines is 1. The van der Waals surface area contributed by atoms with E-state index in [4.69, 9.17) is 14.2 Å². The molecule has 0 aliphatic heterocycles. The fourth-order valence-corrected chi connectivity index (χ4v) is 2.77. The average Bonchev–Trinajstić information content (AvgIpc) is 2.94. The van der Waals surface area contributed by atoms with E-state index in [0.29, 0.717) is 22.7 Å². The minimum absolute atomic E-state index is 0.195. The van der Waals surface area contributed by atoms with Crippen LogP contribution < -0.4 is 10.1 Å². The highest BCUT2D eigenvalue weighted by Gasteiger charge is 2.24. The first-order valence-electron chi connectivity index (χ1n) is 8.76. The third-order valence-electron chi connectivity index (χ3n) is 4.08. The van der Waals surface area contributed by atoms with Gasteiger partial charge in [0.15, 0.2) is 6.61 Å². The Balaban J connectivity index is 2.05. The molecule has 1 heterocycles. The van der Waals surface area contributed by atoms with Crippen LogP contribution in [0.4, 0.5) is 5.69 Å². The molecule has 2 N–H and O–H groups in total. The maximum Gasteiger partial charge on any atom is 0.355 e. The number of aromatic nitrogens is 1. The Kier molecular flexibility index (Phi) is 6.81. The van der Waals surface area contributed by atoms with E-state index in [1.807, 2.05) is 13.0 Å². The minimum atomic E-state index is -0.701. The summed E-state index contributed by atoms with van der Waals surface area (Å²) in [5, 5.41) is 2.66. The number of carbonyl (C=O) groups is 3. The van der Waals surface area contributed by atoms with Gasteiger partial charge < -0.3 is 24.5 Å². The quantitative estimate of drug-likeness (QED) is 0.707. The second-order valence-electron chi connectivity index (χ2n) is 6.17. The molecule has 0 saturated heterocycles. The molecule has 0 radical (unpaired) electrons. The summed E-state index contributed by atoms with van der Waals surface area (Å²) in [6.45, 7) is 6.58. The number of nitrogens with one attached hydrogen (secondary N) is 2. The van der Waals surface area contributed by atoms with Crippen LogP contribution in [0, 0.1) is 20.8 Å². The Labute approximate surface area is 163 Å². The number of benzene rings is 1. The highest BCUT2D eigenvalue weighted by molar-refractivity contribution is 6.00. The van der Waals surface area contributed by atoms with Gasteiger partial charge in [-0.25, -0.2) is 9.59 Å². The largest absolute Gasteiger partial charge is 0.495 e. The van der Waals surface area contributed by atoms with E-state index in [0.717, 1.165) is 5.56 Å². The van der Waals surface area contributed by atoms with Gasteiger partial charge in [-0.15, -0.1) is 0 Å². The van der Waals surface area contributed by atoms with Gasteiger partial charge in [-0.2, -0.15) is 0 Å². The van der Waals surface area contributed by atoms with Crippen LogP contribution in [0.25, 0.3) is 0 Å². The molecule has 1 aromatic heterocycles. The van der Waals surface area contributed by atoms with Crippen molar-refractivity contribution >= 4 is 23.5 Å². The topological polar surface area (TPSA) is 107 Å². The summed E-state index contributed by atoms with van der Waals surface area (Å²) in [5.74, 6) is -1.25. The van der Waals surface area contributed by atoms with E-state index in [1.165, 1.54) is 7.11 Å². The highest BCUT2D eigenvalue weighted by Crippen LogP contribution is 2.25. The molecule has 0 spiro atoms. The Morgan fingerprint density at radius 1 is 1.07 bits per heavy atom. The molecule has 150 valence electrons. The van der Waals surface area contributed by atoms with Gasteiger partial charge in [0.25, 0.3) is 5.91 Å². The van der Waals surface area contributed by atoms with E-state index in [-0.39, 0.29) is 17.9 Å². The Morgan fingerprint density at radius 2 is 1.79 bits per heavy atom. The van der Waals surface area contributed by atoms with Crippen LogP contribution in [0.1, 0.15) is 44.6 Å². The van der Waals surface area contributed by atoms with Gasteiger partial charge in [-0.3, -0.25) is 4.79 Å². The molecule has 0 saturated carbocycles. The molecule has 2 rings (SSSR count). The average molecular weight is 388 g/mol. The van der Waals surface area contributed by atoms with Gasteiger partial charge >= 0.3 is 11.9 Å². The van der Waals surface area contributed by atoms with Crippen molar-refractivity contribution in [1.29, 1.82) is 0 Å². The number of hydrogen-bond acceptors (Lipinski definition) is 6. The number of carbonyl (C=O) groups excluding carboxylic acids is 3. The lowest BCUT2D eigenvalue weighted by atomic mass is 10.1. The number of ether oxygens (including phenoxy) is 3. The van der Waals surface area contributed by atoms with Gasteiger partial charge in [0.2, 0.25) is 0 Å². The zero-order chi connectivity index (χ0) is 20.8. The number of H-pyrrole nitrogens is 1. The summed E-state index contributed by atoms with van der Waals surface area (Å²) in [4.78, 5) is 39.3. The standard InChI is InChI=1S/C20H24N2O6/c1-6-27-20(25)18-12(3)17(13(4)21-18)19(24)28-10-16(23)22-14-9-11(2)7-8-15(14)26-5/h7-9,21H,6,10H2,1-5H3,(H,22,23). The van der Waals surface area contributed by atoms with Gasteiger partial charge in [-0.1, -0.05) is 6.07 Å². The van der Waals surface area contributed by atoms with Gasteiger partial charge in [-0.05, 0) is 51.0 Å². The van der Waals surface area contributed by atoms with Gasteiger partial charge in [0.05, 0.1) is 25.0 Å². The molecule has 2 aromatic rings. The summed E-state index contributed by atoms with van der Waals surface area (Å²) >= 11 is 0. The monoisotopic (exact) mass is 388 g/mol. The molecule has 0 bridgehead atoms. The van der Waals surface area contributed by atoms with Crippen molar-refractivity contribution < 1.29 is 28.6 Å². The van der Waals surface area contributed by atoms with Crippen LogP contribution in [-0.4, -0.2) is 43.2 Å². The van der Waals surface area contributed by atoms with Crippen molar-refractivity contribution in [3.8, 4) is 5.75 Å². The number of rotatable bonds is 7. The molecule has 1 amide bonds. The Bertz CT molecular complexity index is 900. The first-order valence-corrected chi connectivity index (χ1v) is 8.76. The second kappa shape index (κ2) is 9.07. The summed E-state index contributed by atoms with van der Waals surface area (Å²) in [6, 6.07) is 5.35. The lowest BCUT2D eigenvalue weighted by Crippen LogP contribution is -2.21. The smallest absolute Gasteiger partial charge is 0.355 e. The van der Waals surface area contributed by atoms with E-state index < -0.39 is 24.5 Å². The number of aromatic amines is 1. The third kappa shape index (κ3) is 4.70. The van der Waals surface area contributed by atoms with E-state index in [1.54, 1.807) is 32.9 Å². The number of amides is 1. The first-order chi connectivity index (χ1) is 13.3. The normalized spacial score (nSPS) is 10.3. The predicted octanol–water partition coefficient (Wildman–Crippen LogP) is 2.92. The van der Waals surface area contributed by atoms with Crippen LogP contribution in [0.3, 0.4) is 0 Å². The van der Waals surface area contributed by atoms with Crippen molar-refractivity contribution in [2.75, 3.05) is 25.6 Å². The van der Waals surface area contributed by atoms with Crippen molar-refractivity contribution in [2.45, 2.75) is 27.7 Å². The van der Waals surface area contributed by atoms with Crippen molar-refractivity contribution in [3.63, 3.8) is 0 Å². The van der Waals surface area contributed by atoms with Crippen LogP contribution in [0.15, 0.2) is 18.2 Å². The third-order valence-corrected chi connectivity index (χ3v) is 4.08. The molecular formula is C20H24N2O6. The van der Waals surface area contributed by atoms with Gasteiger partial charge in [0, 0.05) is 5.69 Å². The van der Waals surface area contributed by atoms with Crippen LogP contribution in [-0.2, 0) is 14.3 Å². The molecular weight excluding hydrogens is 364 g/mol.